The van der Waals surface area contributed by atoms with E-state index in [0.717, 1.165) is 23.5 Å². The second-order valence-corrected chi connectivity index (χ2v) is 6.61. The first-order chi connectivity index (χ1) is 13.9. The quantitative estimate of drug-likeness (QED) is 0.581. The van der Waals surface area contributed by atoms with Crippen molar-refractivity contribution in [3.63, 3.8) is 0 Å². The number of hydrogen-bond donors (Lipinski definition) is 1. The van der Waals surface area contributed by atoms with Crippen molar-refractivity contribution >= 4 is 33.4 Å². The Morgan fingerprint density at radius 3 is 2.48 bits per heavy atom. The number of amides is 1. The summed E-state index contributed by atoms with van der Waals surface area (Å²) in [5.41, 5.74) is 4.96. The van der Waals surface area contributed by atoms with Gasteiger partial charge in [-0.15, -0.1) is 11.3 Å². The average Bonchev–Trinajstić information content (AvgIpc) is 3.06. The summed E-state index contributed by atoms with van der Waals surface area (Å²) in [6.45, 7) is 1.38. The zero-order valence-corrected chi connectivity index (χ0v) is 16.1. The van der Waals surface area contributed by atoms with Crippen molar-refractivity contribution in [2.45, 2.75) is 13.5 Å². The van der Waals surface area contributed by atoms with Crippen molar-refractivity contribution in [1.82, 2.24) is 9.97 Å². The van der Waals surface area contributed by atoms with E-state index in [4.69, 9.17) is 19.9 Å². The molecule has 2 heterocycles. The summed E-state index contributed by atoms with van der Waals surface area (Å²) in [5.74, 6) is -4.39. The molecule has 1 amide bonds. The van der Waals surface area contributed by atoms with E-state index in [2.05, 4.69) is 9.97 Å². The van der Waals surface area contributed by atoms with Gasteiger partial charge in [0, 0.05) is 11.1 Å². The van der Waals surface area contributed by atoms with Crippen molar-refractivity contribution < 1.29 is 32.6 Å². The van der Waals surface area contributed by atoms with Gasteiger partial charge in [0.2, 0.25) is 11.8 Å². The van der Waals surface area contributed by atoms with E-state index in [1.165, 1.54) is 13.4 Å². The number of benzene rings is 1. The molecule has 3 aromatic rings. The van der Waals surface area contributed by atoms with Crippen LogP contribution in [0.3, 0.4) is 0 Å². The first-order valence-electron chi connectivity index (χ1n) is 8.26. The Bertz CT molecular complexity index is 1080. The fourth-order valence-corrected chi connectivity index (χ4v) is 3.63. The fourth-order valence-electron chi connectivity index (χ4n) is 2.60. The Kier molecular flexibility index (Phi) is 5.87. The monoisotopic (exact) mass is 423 g/mol. The molecule has 2 N–H and O–H groups in total. The SMILES string of the molecule is CCOC(=O)c1sc2ncnc(OC)c2c1COc1c(F)cc(C(N)=O)cc1F. The highest BCUT2D eigenvalue weighted by Crippen LogP contribution is 2.36. The molecule has 2 aromatic heterocycles. The molecule has 3 rings (SSSR count). The number of thiophene rings is 1. The van der Waals surface area contributed by atoms with Crippen LogP contribution in [-0.4, -0.2) is 35.6 Å². The number of aromatic nitrogens is 2. The molecule has 0 saturated heterocycles. The van der Waals surface area contributed by atoms with Crippen molar-refractivity contribution in [3.05, 3.63) is 46.1 Å². The maximum Gasteiger partial charge on any atom is 0.348 e. The largest absolute Gasteiger partial charge is 0.483 e. The summed E-state index contributed by atoms with van der Waals surface area (Å²) in [7, 11) is 1.38. The van der Waals surface area contributed by atoms with Crippen LogP contribution in [0.4, 0.5) is 8.78 Å². The summed E-state index contributed by atoms with van der Waals surface area (Å²) >= 11 is 1.02. The summed E-state index contributed by atoms with van der Waals surface area (Å²) < 4.78 is 44.0. The number of rotatable bonds is 7. The van der Waals surface area contributed by atoms with Gasteiger partial charge in [-0.25, -0.2) is 23.5 Å². The zero-order chi connectivity index (χ0) is 21.1. The van der Waals surface area contributed by atoms with Crippen molar-refractivity contribution in [2.75, 3.05) is 13.7 Å². The number of methoxy groups -OCH3 is 1. The normalized spacial score (nSPS) is 10.8. The number of primary amides is 1. The third-order valence-corrected chi connectivity index (χ3v) is 4.97. The number of carbonyl (C=O) groups is 2. The molecule has 0 aliphatic rings. The van der Waals surface area contributed by atoms with E-state index in [1.54, 1.807) is 6.92 Å². The van der Waals surface area contributed by atoms with Gasteiger partial charge >= 0.3 is 5.97 Å². The van der Waals surface area contributed by atoms with Gasteiger partial charge in [-0.3, -0.25) is 4.79 Å². The molecular formula is C18H15F2N3O5S. The van der Waals surface area contributed by atoms with Gasteiger partial charge in [-0.1, -0.05) is 0 Å². The summed E-state index contributed by atoms with van der Waals surface area (Å²) in [6.07, 6.45) is 1.26. The molecule has 0 aliphatic heterocycles. The molecule has 0 bridgehead atoms. The second kappa shape index (κ2) is 8.35. The minimum absolute atomic E-state index is 0.133. The molecular weight excluding hydrogens is 408 g/mol. The van der Waals surface area contributed by atoms with Crippen LogP contribution >= 0.6 is 11.3 Å². The zero-order valence-electron chi connectivity index (χ0n) is 15.3. The van der Waals surface area contributed by atoms with E-state index < -0.39 is 35.9 Å². The predicted molar refractivity (Wildman–Crippen MR) is 99.1 cm³/mol. The number of fused-ring (bicyclic) bond motifs is 1. The second-order valence-electron chi connectivity index (χ2n) is 5.62. The highest BCUT2D eigenvalue weighted by molar-refractivity contribution is 7.20. The molecule has 0 radical (unpaired) electrons. The number of nitrogens with zero attached hydrogens (tertiary/aromatic N) is 2. The van der Waals surface area contributed by atoms with Crippen LogP contribution < -0.4 is 15.2 Å². The summed E-state index contributed by atoms with van der Waals surface area (Å²) in [6, 6.07) is 1.53. The Morgan fingerprint density at radius 1 is 1.21 bits per heavy atom. The van der Waals surface area contributed by atoms with Crippen LogP contribution in [0.2, 0.25) is 0 Å². The highest BCUT2D eigenvalue weighted by atomic mass is 32.1. The molecule has 29 heavy (non-hydrogen) atoms. The van der Waals surface area contributed by atoms with Crippen LogP contribution in [0.5, 0.6) is 11.6 Å². The molecule has 0 atom stereocenters. The Morgan fingerprint density at radius 2 is 1.90 bits per heavy atom. The molecule has 0 saturated carbocycles. The first kappa shape index (κ1) is 20.4. The van der Waals surface area contributed by atoms with Crippen LogP contribution in [0, 0.1) is 11.6 Å². The van der Waals surface area contributed by atoms with Gasteiger partial charge in [-0.2, -0.15) is 0 Å². The number of halogens is 2. The topological polar surface area (TPSA) is 114 Å². The summed E-state index contributed by atoms with van der Waals surface area (Å²) in [4.78, 5) is 32.1. The van der Waals surface area contributed by atoms with Gasteiger partial charge in [0.15, 0.2) is 17.4 Å². The van der Waals surface area contributed by atoms with E-state index in [0.29, 0.717) is 10.2 Å². The molecule has 152 valence electrons. The number of carbonyl (C=O) groups excluding carboxylic acids is 2. The Hall–Kier alpha value is -3.34. The minimum atomic E-state index is -1.11. The van der Waals surface area contributed by atoms with Crippen molar-refractivity contribution in [3.8, 4) is 11.6 Å². The smallest absolute Gasteiger partial charge is 0.348 e. The fraction of sp³-hybridized carbons (Fsp3) is 0.222. The number of nitrogens with two attached hydrogens (primary N) is 1. The molecule has 0 fully saturated rings. The van der Waals surface area contributed by atoms with E-state index in [-0.39, 0.29) is 28.5 Å². The van der Waals surface area contributed by atoms with Gasteiger partial charge in [0.05, 0.1) is 19.1 Å². The lowest BCUT2D eigenvalue weighted by molar-refractivity contribution is 0.0529. The van der Waals surface area contributed by atoms with Crippen LogP contribution in [0.15, 0.2) is 18.5 Å². The number of ether oxygens (including phenoxy) is 3. The molecule has 8 nitrogen and oxygen atoms in total. The standard InChI is InChI=1S/C18H15F2N3O5S/c1-3-27-18(25)14-9(12-16(26-2)22-7-23-17(12)29-14)6-28-13-10(19)4-8(15(21)24)5-11(13)20/h4-5,7H,3,6H2,1-2H3,(H2,21,24). The maximum absolute atomic E-state index is 14.2. The Balaban J connectivity index is 2.04. The minimum Gasteiger partial charge on any atom is -0.483 e. The molecule has 11 heteroatoms. The molecule has 0 unspecified atom stereocenters. The van der Waals surface area contributed by atoms with Crippen LogP contribution in [-0.2, 0) is 11.3 Å². The molecule has 0 aliphatic carbocycles. The van der Waals surface area contributed by atoms with Gasteiger partial charge < -0.3 is 19.9 Å². The lowest BCUT2D eigenvalue weighted by Gasteiger charge is -2.11. The predicted octanol–water partition coefficient (Wildman–Crippen LogP) is 2.83. The van der Waals surface area contributed by atoms with Crippen molar-refractivity contribution in [2.24, 2.45) is 5.73 Å². The lowest BCUT2D eigenvalue weighted by Crippen LogP contribution is -2.13. The lowest BCUT2D eigenvalue weighted by atomic mass is 10.1. The Labute approximate surface area is 167 Å². The van der Waals surface area contributed by atoms with E-state index >= 15 is 0 Å². The van der Waals surface area contributed by atoms with Crippen LogP contribution in [0.1, 0.15) is 32.5 Å². The van der Waals surface area contributed by atoms with Gasteiger partial charge in [0.1, 0.15) is 22.6 Å². The maximum atomic E-state index is 14.2. The third-order valence-electron chi connectivity index (χ3n) is 3.85. The van der Waals surface area contributed by atoms with E-state index in [9.17, 15) is 18.4 Å². The van der Waals surface area contributed by atoms with Crippen molar-refractivity contribution in [1.29, 1.82) is 0 Å². The van der Waals surface area contributed by atoms with Crippen LogP contribution in [0.25, 0.3) is 10.2 Å². The molecule has 1 aromatic carbocycles. The van der Waals surface area contributed by atoms with Gasteiger partial charge in [-0.05, 0) is 19.1 Å². The highest BCUT2D eigenvalue weighted by Gasteiger charge is 2.25. The summed E-state index contributed by atoms with van der Waals surface area (Å²) in [5, 5.41) is 0.373. The average molecular weight is 423 g/mol. The first-order valence-corrected chi connectivity index (χ1v) is 9.08. The number of esters is 1. The molecule has 0 spiro atoms. The van der Waals surface area contributed by atoms with Gasteiger partial charge in [0.25, 0.3) is 0 Å². The number of hydrogen-bond acceptors (Lipinski definition) is 8. The third kappa shape index (κ3) is 3.94. The van der Waals surface area contributed by atoms with E-state index in [1.807, 2.05) is 0 Å².